The van der Waals surface area contributed by atoms with Gasteiger partial charge < -0.3 is 0 Å². The third-order valence-electron chi connectivity index (χ3n) is 5.49. The Morgan fingerprint density at radius 1 is 0.375 bits per heavy atom. The number of quaternary nitrogens is 1. The molecule has 5 nitrogen and oxygen atoms in total. The molecule has 0 unspecified atom stereocenters. The van der Waals surface area contributed by atoms with Crippen LogP contribution in [0.15, 0.2) is 0 Å². The van der Waals surface area contributed by atoms with E-state index in [9.17, 15) is 119 Å². The van der Waals surface area contributed by atoms with Crippen LogP contribution in [0.1, 0.15) is 12.8 Å². The number of phosphoric acid groups is 1. The molecule has 0 saturated carbocycles. The first-order valence-electron chi connectivity index (χ1n) is 10.7. The van der Waals surface area contributed by atoms with Crippen LogP contribution in [0.2, 0.25) is 0 Å². The van der Waals surface area contributed by atoms with Crippen molar-refractivity contribution >= 4 is 7.82 Å². The van der Waals surface area contributed by atoms with E-state index < -0.39 is 105 Å². The average Bonchev–Trinajstić information content (AvgIpc) is 2.86. The zero-order valence-corrected chi connectivity index (χ0v) is 22.3. The Balaban J connectivity index is 5.95. The van der Waals surface area contributed by atoms with Crippen molar-refractivity contribution in [1.29, 1.82) is 0 Å². The molecule has 0 heterocycles. The Morgan fingerprint density at radius 2 is 0.583 bits per heavy atom. The van der Waals surface area contributed by atoms with Gasteiger partial charge in [-0.15, -0.1) is 0 Å². The number of alkyl halides is 26. The maximum atomic E-state index is 13.7. The third-order valence-corrected chi connectivity index (χ3v) is 6.80. The molecule has 32 heteroatoms. The molecule has 0 aromatic carbocycles. The first kappa shape index (κ1) is 46.2. The predicted octanol–water partition coefficient (Wildman–Crippen LogP) is 8.56. The van der Waals surface area contributed by atoms with E-state index in [1.807, 2.05) is 5.90 Å². The van der Waals surface area contributed by atoms with Gasteiger partial charge >= 0.3 is 79.4 Å². The van der Waals surface area contributed by atoms with E-state index in [1.54, 1.807) is 0 Å². The van der Waals surface area contributed by atoms with Crippen LogP contribution >= 0.6 is 7.82 Å². The SMILES string of the molecule is [NH3+]OP(=O)(OCCC(F)(F)C(F)(F)C(F)(F)C(F)(F)C(F)(F)C(F)(F)F)OCCC(F)(F)C(F)(F)C(F)(F)C(F)(F)C(F)(F)C(F)(F)F. The van der Waals surface area contributed by atoms with Crippen molar-refractivity contribution in [1.82, 2.24) is 0 Å². The number of halogens is 26. The molecule has 290 valence electrons. The summed E-state index contributed by atoms with van der Waals surface area (Å²) in [6, 6.07) is 0. The van der Waals surface area contributed by atoms with Gasteiger partial charge in [0.15, 0.2) is 0 Å². The number of hydrogen-bond acceptors (Lipinski definition) is 4. The van der Waals surface area contributed by atoms with Gasteiger partial charge in [-0.05, 0) is 0 Å². The summed E-state index contributed by atoms with van der Waals surface area (Å²) < 4.78 is 361. The van der Waals surface area contributed by atoms with Gasteiger partial charge in [-0.2, -0.15) is 114 Å². The van der Waals surface area contributed by atoms with Crippen LogP contribution in [-0.4, -0.2) is 84.8 Å². The molecule has 0 aromatic rings. The lowest BCUT2D eigenvalue weighted by Gasteiger charge is -2.39. The minimum absolute atomic E-state index is 2.03. The highest BCUT2D eigenvalue weighted by molar-refractivity contribution is 7.48. The minimum Gasteiger partial charge on any atom is -0.284 e. The van der Waals surface area contributed by atoms with Crippen molar-refractivity contribution in [3.05, 3.63) is 0 Å². The summed E-state index contributed by atoms with van der Waals surface area (Å²) in [6.45, 7) is -5.40. The molecule has 0 aliphatic carbocycles. The first-order chi connectivity index (χ1) is 20.5. The molecular formula is C16H11F26NO4P+. The molecule has 48 heavy (non-hydrogen) atoms. The lowest BCUT2D eigenvalue weighted by atomic mass is 9.93. The predicted molar refractivity (Wildman–Crippen MR) is 94.3 cm³/mol. The van der Waals surface area contributed by atoms with Gasteiger partial charge in [0.1, 0.15) is 0 Å². The van der Waals surface area contributed by atoms with Crippen LogP contribution in [0.25, 0.3) is 0 Å². The van der Waals surface area contributed by atoms with Crippen molar-refractivity contribution in [3.63, 3.8) is 0 Å². The lowest BCUT2D eigenvalue weighted by molar-refractivity contribution is -0.643. The van der Waals surface area contributed by atoms with Crippen molar-refractivity contribution in [2.24, 2.45) is 0 Å². The molecule has 0 spiro atoms. The highest BCUT2D eigenvalue weighted by Gasteiger charge is 2.92. The average molecular weight is 806 g/mol. The van der Waals surface area contributed by atoms with E-state index >= 15 is 0 Å². The molecule has 0 aliphatic heterocycles. The maximum Gasteiger partial charge on any atom is 0.520 e. The second-order valence-electron chi connectivity index (χ2n) is 8.74. The number of rotatable bonds is 17. The van der Waals surface area contributed by atoms with Gasteiger partial charge in [-0.25, -0.2) is 10.5 Å². The maximum absolute atomic E-state index is 13.7. The molecule has 0 bridgehead atoms. The monoisotopic (exact) mass is 806 g/mol. The first-order valence-corrected chi connectivity index (χ1v) is 12.2. The van der Waals surface area contributed by atoms with Gasteiger partial charge in [-0.1, -0.05) is 4.62 Å². The Kier molecular flexibility index (Phi) is 12.3. The molecule has 3 N–H and O–H groups in total. The quantitative estimate of drug-likeness (QED) is 0.0910. The van der Waals surface area contributed by atoms with Gasteiger partial charge in [-0.3, -0.25) is 9.05 Å². The van der Waals surface area contributed by atoms with E-state index in [4.69, 9.17) is 0 Å². The fourth-order valence-corrected chi connectivity index (χ4v) is 3.45. The van der Waals surface area contributed by atoms with Gasteiger partial charge in [0, 0.05) is 12.8 Å². The molecule has 0 saturated heterocycles. The van der Waals surface area contributed by atoms with E-state index in [0.29, 0.717) is 0 Å². The molecule has 0 atom stereocenters. The topological polar surface area (TPSA) is 72.4 Å². The Hall–Kier alpha value is -1.75. The lowest BCUT2D eigenvalue weighted by Crippen LogP contribution is -2.70. The summed E-state index contributed by atoms with van der Waals surface area (Å²) in [5, 5.41) is 0. The molecule has 0 aromatic heterocycles. The van der Waals surface area contributed by atoms with E-state index in [0.717, 1.165) is 0 Å². The van der Waals surface area contributed by atoms with Crippen LogP contribution < -0.4 is 5.90 Å². The fraction of sp³-hybridized carbons (Fsp3) is 1.00. The molecule has 0 rings (SSSR count). The van der Waals surface area contributed by atoms with Crippen LogP contribution in [-0.2, 0) is 18.2 Å². The molecule has 0 radical (unpaired) electrons. The summed E-state index contributed by atoms with van der Waals surface area (Å²) in [4.78, 5) is 0. The van der Waals surface area contributed by atoms with Crippen LogP contribution in [0.5, 0.6) is 0 Å². The molecule has 0 aliphatic rings. The van der Waals surface area contributed by atoms with Crippen LogP contribution in [0.3, 0.4) is 0 Å². The highest BCUT2D eigenvalue weighted by atomic mass is 31.2. The third kappa shape index (κ3) is 7.20. The van der Waals surface area contributed by atoms with Crippen molar-refractivity contribution < 1.29 is 138 Å². The summed E-state index contributed by atoms with van der Waals surface area (Å²) in [5.41, 5.74) is 0. The zero-order chi connectivity index (χ0) is 39.4. The molecule has 0 amide bonds. The van der Waals surface area contributed by atoms with Gasteiger partial charge in [0.05, 0.1) is 13.2 Å². The summed E-state index contributed by atoms with van der Waals surface area (Å²) in [6.07, 6.45) is -22.2. The zero-order valence-electron chi connectivity index (χ0n) is 21.4. The Morgan fingerprint density at radius 3 is 0.771 bits per heavy atom. The van der Waals surface area contributed by atoms with E-state index in [-0.39, 0.29) is 0 Å². The van der Waals surface area contributed by atoms with Crippen molar-refractivity contribution in [2.45, 2.75) is 84.4 Å². The number of hydrogen-bond donors (Lipinski definition) is 1. The molecular weight excluding hydrogens is 795 g/mol. The normalized spacial score (nSPS) is 16.5. The van der Waals surface area contributed by atoms with Crippen molar-refractivity contribution in [3.8, 4) is 0 Å². The second kappa shape index (κ2) is 12.8. The van der Waals surface area contributed by atoms with Crippen LogP contribution in [0.4, 0.5) is 114 Å². The van der Waals surface area contributed by atoms with Gasteiger partial charge in [0.2, 0.25) is 0 Å². The largest absolute Gasteiger partial charge is 0.520 e. The highest BCUT2D eigenvalue weighted by Crippen LogP contribution is 2.62. The number of phosphoric ester groups is 1. The van der Waals surface area contributed by atoms with E-state index in [2.05, 4.69) is 13.7 Å². The molecule has 0 fully saturated rings. The summed E-state index contributed by atoms with van der Waals surface area (Å²) in [5.74, 6) is -77.2. The summed E-state index contributed by atoms with van der Waals surface area (Å²) >= 11 is 0. The van der Waals surface area contributed by atoms with E-state index in [1.165, 1.54) is 0 Å². The Bertz CT molecular complexity index is 1080. The second-order valence-corrected chi connectivity index (χ2v) is 10.4. The smallest absolute Gasteiger partial charge is 0.284 e. The van der Waals surface area contributed by atoms with Crippen molar-refractivity contribution in [2.75, 3.05) is 13.2 Å². The summed E-state index contributed by atoms with van der Waals surface area (Å²) in [7, 11) is -6.20. The standard InChI is InChI=1S/C16H11F26NO4P/c17-5(18,7(21,22)9(25,26)11(29,30)13(33,34)15(37,38)39)1-3-45-48(44,47-43)46-4-2-6(19,20)8(23,24)10(27,28)12(31,32)14(35,36)16(40,41)42/h1-4H2,43H3/q+1. The Labute approximate surface area is 245 Å². The fourth-order valence-electron chi connectivity index (χ4n) is 2.60. The van der Waals surface area contributed by atoms with Crippen LogP contribution in [0, 0.1) is 0 Å². The van der Waals surface area contributed by atoms with Gasteiger partial charge in [0.25, 0.3) is 0 Å². The minimum atomic E-state index is -8.35.